The average Bonchev–Trinajstić information content (AvgIpc) is 2.09. The molecule has 72 valence electrons. The van der Waals surface area contributed by atoms with Crippen molar-refractivity contribution in [1.29, 1.82) is 0 Å². The van der Waals surface area contributed by atoms with Gasteiger partial charge in [0.2, 0.25) is 0 Å². The van der Waals surface area contributed by atoms with Crippen LogP contribution in [0, 0.1) is 0 Å². The van der Waals surface area contributed by atoms with Crippen molar-refractivity contribution in [3.05, 3.63) is 33.3 Å². The number of aliphatic hydroxyl groups is 1. The first kappa shape index (κ1) is 11.0. The molecule has 0 heterocycles. The lowest BCUT2D eigenvalue weighted by Crippen LogP contribution is -2.20. The van der Waals surface area contributed by atoms with Gasteiger partial charge in [-0.25, -0.2) is 4.39 Å². The third-order valence-electron chi connectivity index (χ3n) is 1.82. The lowest BCUT2D eigenvalue weighted by atomic mass is 9.99. The molecule has 0 radical (unpaired) electrons. The number of hydrogen-bond donors (Lipinski definition) is 1. The molecule has 1 unspecified atom stereocenters. The Balaban J connectivity index is 3.10. The summed E-state index contributed by atoms with van der Waals surface area (Å²) in [6, 6.07) is 4.75. The molecule has 0 aliphatic carbocycles. The number of hydrogen-bond acceptors (Lipinski definition) is 1. The molecule has 1 nitrogen and oxygen atoms in total. The second-order valence-electron chi connectivity index (χ2n) is 2.98. The van der Waals surface area contributed by atoms with Gasteiger partial charge < -0.3 is 5.11 Å². The van der Waals surface area contributed by atoms with Crippen molar-refractivity contribution in [1.82, 2.24) is 0 Å². The Hall–Kier alpha value is -0.120. The van der Waals surface area contributed by atoms with Crippen molar-refractivity contribution in [3.63, 3.8) is 0 Å². The Labute approximate surface area is 89.7 Å². The second-order valence-corrected chi connectivity index (χ2v) is 4.25. The predicted octanol–water partition coefficient (Wildman–Crippen LogP) is 3.28. The van der Waals surface area contributed by atoms with Gasteiger partial charge in [0.1, 0.15) is 0 Å². The first-order valence-electron chi connectivity index (χ1n) is 3.72. The maximum absolute atomic E-state index is 13.5. The third kappa shape index (κ3) is 2.42. The van der Waals surface area contributed by atoms with Crippen LogP contribution in [0.2, 0.25) is 5.02 Å². The van der Waals surface area contributed by atoms with Crippen molar-refractivity contribution < 1.29 is 9.50 Å². The van der Waals surface area contributed by atoms with Gasteiger partial charge in [-0.05, 0) is 40.5 Å². The summed E-state index contributed by atoms with van der Waals surface area (Å²) >= 11 is 8.98. The van der Waals surface area contributed by atoms with Gasteiger partial charge in [0.05, 0.1) is 11.6 Å². The van der Waals surface area contributed by atoms with Crippen LogP contribution in [0.3, 0.4) is 0 Å². The molecule has 4 heteroatoms. The van der Waals surface area contributed by atoms with E-state index in [1.54, 1.807) is 12.1 Å². The predicted molar refractivity (Wildman–Crippen MR) is 54.7 cm³/mol. The van der Waals surface area contributed by atoms with Crippen LogP contribution in [0.1, 0.15) is 12.5 Å². The largest absolute Gasteiger partial charge is 0.393 e. The van der Waals surface area contributed by atoms with E-state index >= 15 is 0 Å². The monoisotopic (exact) mass is 266 g/mol. The zero-order valence-corrected chi connectivity index (χ0v) is 9.36. The minimum Gasteiger partial charge on any atom is -0.393 e. The van der Waals surface area contributed by atoms with Gasteiger partial charge in [0.15, 0.2) is 5.67 Å². The standard InChI is InChI=1S/C9H9BrClFO/c1-9(12,5-13)6-2-3-7(10)8(11)4-6/h2-4,13H,5H2,1H3. The Morgan fingerprint density at radius 2 is 2.23 bits per heavy atom. The van der Waals surface area contributed by atoms with Crippen molar-refractivity contribution in [2.24, 2.45) is 0 Å². The fourth-order valence-electron chi connectivity index (χ4n) is 0.912. The van der Waals surface area contributed by atoms with Crippen molar-refractivity contribution in [2.75, 3.05) is 6.61 Å². The summed E-state index contributed by atoms with van der Waals surface area (Å²) in [6.07, 6.45) is 0. The second kappa shape index (κ2) is 3.95. The minimum absolute atomic E-state index is 0.378. The van der Waals surface area contributed by atoms with Crippen LogP contribution >= 0.6 is 27.5 Å². The summed E-state index contributed by atoms with van der Waals surface area (Å²) in [4.78, 5) is 0. The summed E-state index contributed by atoms with van der Waals surface area (Å²) < 4.78 is 14.3. The van der Waals surface area contributed by atoms with Crippen LogP contribution in [0.5, 0.6) is 0 Å². The highest BCUT2D eigenvalue weighted by Crippen LogP contribution is 2.30. The Kier molecular flexibility index (Phi) is 3.33. The smallest absolute Gasteiger partial charge is 0.156 e. The van der Waals surface area contributed by atoms with E-state index in [9.17, 15) is 4.39 Å². The van der Waals surface area contributed by atoms with E-state index in [1.165, 1.54) is 13.0 Å². The van der Waals surface area contributed by atoms with Crippen molar-refractivity contribution >= 4 is 27.5 Å². The highest BCUT2D eigenvalue weighted by Gasteiger charge is 2.25. The Morgan fingerprint density at radius 3 is 2.69 bits per heavy atom. The fraction of sp³-hybridized carbons (Fsp3) is 0.333. The SMILES string of the molecule is CC(F)(CO)c1ccc(Br)c(Cl)c1. The molecule has 0 amide bonds. The molecule has 0 aliphatic heterocycles. The highest BCUT2D eigenvalue weighted by atomic mass is 79.9. The van der Waals surface area contributed by atoms with Gasteiger partial charge in [0.25, 0.3) is 0 Å². The highest BCUT2D eigenvalue weighted by molar-refractivity contribution is 9.10. The van der Waals surface area contributed by atoms with Crippen LogP contribution in [-0.2, 0) is 5.67 Å². The van der Waals surface area contributed by atoms with E-state index in [2.05, 4.69) is 15.9 Å². The number of alkyl halides is 1. The molecule has 0 aromatic heterocycles. The molecule has 1 aromatic rings. The molecule has 0 bridgehead atoms. The lowest BCUT2D eigenvalue weighted by molar-refractivity contribution is 0.0868. The minimum atomic E-state index is -1.73. The quantitative estimate of drug-likeness (QED) is 0.872. The molecule has 1 rings (SSSR count). The van der Waals surface area contributed by atoms with Gasteiger partial charge in [-0.2, -0.15) is 0 Å². The Bertz CT molecular complexity index is 314. The molecular formula is C9H9BrClFO. The van der Waals surface area contributed by atoms with Crippen molar-refractivity contribution in [2.45, 2.75) is 12.6 Å². The van der Waals surface area contributed by atoms with E-state index in [1.807, 2.05) is 0 Å². The van der Waals surface area contributed by atoms with E-state index in [4.69, 9.17) is 16.7 Å². The summed E-state index contributed by atoms with van der Waals surface area (Å²) in [5, 5.41) is 9.22. The number of benzene rings is 1. The van der Waals surface area contributed by atoms with Gasteiger partial charge >= 0.3 is 0 Å². The zero-order valence-electron chi connectivity index (χ0n) is 7.02. The molecule has 0 fully saturated rings. The van der Waals surface area contributed by atoms with E-state index < -0.39 is 12.3 Å². The maximum atomic E-state index is 13.5. The summed E-state index contributed by atoms with van der Waals surface area (Å²) in [5.74, 6) is 0. The topological polar surface area (TPSA) is 20.2 Å². The van der Waals surface area contributed by atoms with E-state index in [0.717, 1.165) is 0 Å². The molecule has 0 aliphatic rings. The summed E-state index contributed by atoms with van der Waals surface area (Å²) in [7, 11) is 0. The lowest BCUT2D eigenvalue weighted by Gasteiger charge is -2.17. The average molecular weight is 268 g/mol. The summed E-state index contributed by atoms with van der Waals surface area (Å²) in [5.41, 5.74) is -1.35. The normalized spacial score (nSPS) is 15.5. The van der Waals surface area contributed by atoms with E-state index in [0.29, 0.717) is 15.1 Å². The number of aliphatic hydroxyl groups excluding tert-OH is 1. The molecule has 1 atom stereocenters. The molecule has 0 spiro atoms. The van der Waals surface area contributed by atoms with E-state index in [-0.39, 0.29) is 0 Å². The summed E-state index contributed by atoms with van der Waals surface area (Å²) in [6.45, 7) is 0.761. The fourth-order valence-corrected chi connectivity index (χ4v) is 1.34. The molecule has 13 heavy (non-hydrogen) atoms. The molecule has 0 saturated heterocycles. The first-order valence-corrected chi connectivity index (χ1v) is 4.90. The van der Waals surface area contributed by atoms with Crippen LogP contribution in [-0.4, -0.2) is 11.7 Å². The zero-order chi connectivity index (χ0) is 10.1. The van der Waals surface area contributed by atoms with Gasteiger partial charge in [-0.3, -0.25) is 0 Å². The molecule has 1 aromatic carbocycles. The van der Waals surface area contributed by atoms with Crippen LogP contribution < -0.4 is 0 Å². The number of halogens is 3. The van der Waals surface area contributed by atoms with Gasteiger partial charge in [0, 0.05) is 4.47 Å². The van der Waals surface area contributed by atoms with Gasteiger partial charge in [-0.15, -0.1) is 0 Å². The van der Waals surface area contributed by atoms with Crippen LogP contribution in [0.15, 0.2) is 22.7 Å². The molecule has 0 saturated carbocycles. The maximum Gasteiger partial charge on any atom is 0.156 e. The van der Waals surface area contributed by atoms with Crippen molar-refractivity contribution in [3.8, 4) is 0 Å². The van der Waals surface area contributed by atoms with Crippen LogP contribution in [0.25, 0.3) is 0 Å². The third-order valence-corrected chi connectivity index (χ3v) is 3.05. The Morgan fingerprint density at radius 1 is 1.62 bits per heavy atom. The first-order chi connectivity index (χ1) is 5.97. The number of rotatable bonds is 2. The van der Waals surface area contributed by atoms with Crippen LogP contribution in [0.4, 0.5) is 4.39 Å². The molecular weight excluding hydrogens is 258 g/mol. The van der Waals surface area contributed by atoms with Gasteiger partial charge in [-0.1, -0.05) is 17.7 Å². The molecule has 1 N–H and O–H groups in total.